The zero-order valence-electron chi connectivity index (χ0n) is 16.4. The number of hydrogen-bond acceptors (Lipinski definition) is 4. The lowest BCUT2D eigenvalue weighted by atomic mass is 10.1. The van der Waals surface area contributed by atoms with Gasteiger partial charge in [0.15, 0.2) is 0 Å². The average Bonchev–Trinajstić information content (AvgIpc) is 2.70. The topological polar surface area (TPSA) is 84.5 Å². The van der Waals surface area contributed by atoms with Crippen LogP contribution in [-0.4, -0.2) is 21.4 Å². The highest BCUT2D eigenvalue weighted by molar-refractivity contribution is 7.92. The Bertz CT molecular complexity index is 1140. The van der Waals surface area contributed by atoms with Crippen LogP contribution in [-0.2, 0) is 10.0 Å². The number of nitrogens with one attached hydrogen (secondary N) is 2. The van der Waals surface area contributed by atoms with Crippen LogP contribution in [0, 0.1) is 13.8 Å². The van der Waals surface area contributed by atoms with E-state index in [1.54, 1.807) is 24.3 Å². The van der Waals surface area contributed by atoms with E-state index in [4.69, 9.17) is 4.74 Å². The van der Waals surface area contributed by atoms with Gasteiger partial charge in [-0.05, 0) is 61.9 Å². The molecule has 3 aromatic rings. The Morgan fingerprint density at radius 2 is 1.59 bits per heavy atom. The van der Waals surface area contributed by atoms with Crippen molar-refractivity contribution in [2.75, 3.05) is 17.1 Å². The first-order valence-electron chi connectivity index (χ1n) is 8.94. The second-order valence-corrected chi connectivity index (χ2v) is 8.29. The van der Waals surface area contributed by atoms with Gasteiger partial charge in [0, 0.05) is 11.3 Å². The van der Waals surface area contributed by atoms with Crippen LogP contribution in [0.25, 0.3) is 0 Å². The van der Waals surface area contributed by atoms with E-state index in [0.717, 1.165) is 16.8 Å². The quantitative estimate of drug-likeness (QED) is 0.632. The molecule has 6 nitrogen and oxygen atoms in total. The first kappa shape index (κ1) is 20.4. The van der Waals surface area contributed by atoms with E-state index in [1.165, 1.54) is 31.4 Å². The van der Waals surface area contributed by atoms with Crippen molar-refractivity contribution in [3.63, 3.8) is 0 Å². The number of para-hydroxylation sites is 2. The van der Waals surface area contributed by atoms with E-state index in [0.29, 0.717) is 17.0 Å². The summed E-state index contributed by atoms with van der Waals surface area (Å²) in [5.41, 5.74) is 3.49. The van der Waals surface area contributed by atoms with Crippen LogP contribution >= 0.6 is 0 Å². The van der Waals surface area contributed by atoms with Crippen LogP contribution in [0.4, 0.5) is 11.4 Å². The van der Waals surface area contributed by atoms with E-state index in [9.17, 15) is 13.2 Å². The zero-order chi connectivity index (χ0) is 21.0. The van der Waals surface area contributed by atoms with Gasteiger partial charge < -0.3 is 10.1 Å². The van der Waals surface area contributed by atoms with Crippen molar-refractivity contribution < 1.29 is 17.9 Å². The highest BCUT2D eigenvalue weighted by Crippen LogP contribution is 2.26. The summed E-state index contributed by atoms with van der Waals surface area (Å²) in [5, 5.41) is 2.85. The molecule has 1 amide bonds. The maximum absolute atomic E-state index is 12.7. The second-order valence-electron chi connectivity index (χ2n) is 6.60. The number of carbonyl (C=O) groups excluding carboxylic acids is 1. The number of carbonyl (C=O) groups is 1. The number of anilines is 2. The number of rotatable bonds is 6. The molecule has 0 saturated carbocycles. The molecule has 7 heteroatoms. The lowest BCUT2D eigenvalue weighted by Gasteiger charge is -2.12. The van der Waals surface area contributed by atoms with Crippen molar-refractivity contribution in [3.8, 4) is 5.75 Å². The van der Waals surface area contributed by atoms with Gasteiger partial charge in [-0.25, -0.2) is 8.42 Å². The molecule has 2 N–H and O–H groups in total. The van der Waals surface area contributed by atoms with Crippen LogP contribution in [0.15, 0.2) is 71.6 Å². The van der Waals surface area contributed by atoms with Crippen molar-refractivity contribution in [2.24, 2.45) is 0 Å². The van der Waals surface area contributed by atoms with Crippen LogP contribution < -0.4 is 14.8 Å². The number of aryl methyl sites for hydroxylation is 2. The number of benzene rings is 3. The predicted octanol–water partition coefficient (Wildman–Crippen LogP) is 4.37. The summed E-state index contributed by atoms with van der Waals surface area (Å²) in [4.78, 5) is 12.5. The first-order valence-corrected chi connectivity index (χ1v) is 10.4. The van der Waals surface area contributed by atoms with Gasteiger partial charge in [0.2, 0.25) is 0 Å². The third-order valence-corrected chi connectivity index (χ3v) is 5.79. The van der Waals surface area contributed by atoms with Gasteiger partial charge in [-0.2, -0.15) is 0 Å². The molecule has 29 heavy (non-hydrogen) atoms. The van der Waals surface area contributed by atoms with Crippen molar-refractivity contribution >= 4 is 27.3 Å². The van der Waals surface area contributed by atoms with Gasteiger partial charge in [-0.1, -0.05) is 29.8 Å². The molecule has 0 atom stereocenters. The lowest BCUT2D eigenvalue weighted by Crippen LogP contribution is -2.15. The third-order valence-electron chi connectivity index (χ3n) is 4.41. The third kappa shape index (κ3) is 4.75. The Morgan fingerprint density at radius 3 is 2.24 bits per heavy atom. The van der Waals surface area contributed by atoms with Crippen molar-refractivity contribution in [1.82, 2.24) is 0 Å². The summed E-state index contributed by atoms with van der Waals surface area (Å²) < 4.78 is 33.0. The van der Waals surface area contributed by atoms with Gasteiger partial charge in [-0.3, -0.25) is 9.52 Å². The fourth-order valence-corrected chi connectivity index (χ4v) is 3.94. The largest absolute Gasteiger partial charge is 0.495 e. The average molecular weight is 410 g/mol. The monoisotopic (exact) mass is 410 g/mol. The van der Waals surface area contributed by atoms with Crippen LogP contribution in [0.5, 0.6) is 5.75 Å². The van der Waals surface area contributed by atoms with Crippen molar-refractivity contribution in [1.29, 1.82) is 0 Å². The van der Waals surface area contributed by atoms with Gasteiger partial charge >= 0.3 is 0 Å². The molecule has 0 bridgehead atoms. The Hall–Kier alpha value is -3.32. The van der Waals surface area contributed by atoms with Gasteiger partial charge in [0.05, 0.1) is 17.7 Å². The fourth-order valence-electron chi connectivity index (χ4n) is 2.87. The summed E-state index contributed by atoms with van der Waals surface area (Å²) >= 11 is 0. The summed E-state index contributed by atoms with van der Waals surface area (Å²) in [6, 6.07) is 18.2. The SMILES string of the molecule is COc1ccccc1NS(=O)(=O)c1ccc(C(=O)Nc2ccc(C)cc2C)cc1. The van der Waals surface area contributed by atoms with Crippen LogP contribution in [0.2, 0.25) is 0 Å². The molecular formula is C22H22N2O4S. The highest BCUT2D eigenvalue weighted by Gasteiger charge is 2.17. The Morgan fingerprint density at radius 1 is 0.897 bits per heavy atom. The van der Waals surface area contributed by atoms with Gasteiger partial charge in [0.1, 0.15) is 5.75 Å². The number of hydrogen-bond donors (Lipinski definition) is 2. The molecule has 0 spiro atoms. The normalized spacial score (nSPS) is 11.0. The molecular weight excluding hydrogens is 388 g/mol. The molecule has 0 aliphatic carbocycles. The molecule has 0 aromatic heterocycles. The maximum Gasteiger partial charge on any atom is 0.262 e. The van der Waals surface area contributed by atoms with E-state index < -0.39 is 10.0 Å². The molecule has 0 aliphatic heterocycles. The fraction of sp³-hybridized carbons (Fsp3) is 0.136. The van der Waals surface area contributed by atoms with Crippen molar-refractivity contribution in [2.45, 2.75) is 18.7 Å². The molecule has 0 heterocycles. The molecule has 0 aliphatic rings. The predicted molar refractivity (Wildman–Crippen MR) is 114 cm³/mol. The molecule has 3 rings (SSSR count). The van der Waals surface area contributed by atoms with Gasteiger partial charge in [0.25, 0.3) is 15.9 Å². The van der Waals surface area contributed by atoms with E-state index in [2.05, 4.69) is 10.0 Å². The summed E-state index contributed by atoms with van der Waals surface area (Å²) in [6.07, 6.45) is 0. The minimum Gasteiger partial charge on any atom is -0.495 e. The molecule has 0 saturated heterocycles. The molecule has 150 valence electrons. The minimum atomic E-state index is -3.82. The summed E-state index contributed by atoms with van der Waals surface area (Å²) in [6.45, 7) is 3.90. The van der Waals surface area contributed by atoms with Crippen LogP contribution in [0.1, 0.15) is 21.5 Å². The zero-order valence-corrected chi connectivity index (χ0v) is 17.2. The number of methoxy groups -OCH3 is 1. The molecule has 0 radical (unpaired) electrons. The van der Waals surface area contributed by atoms with E-state index >= 15 is 0 Å². The number of sulfonamides is 1. The smallest absolute Gasteiger partial charge is 0.262 e. The minimum absolute atomic E-state index is 0.0477. The van der Waals surface area contributed by atoms with E-state index in [-0.39, 0.29) is 10.8 Å². The molecule has 0 fully saturated rings. The molecule has 3 aromatic carbocycles. The standard InChI is InChI=1S/C22H22N2O4S/c1-15-8-13-19(16(2)14-15)23-22(25)17-9-11-18(12-10-17)29(26,27)24-20-6-4-5-7-21(20)28-3/h4-14,24H,1-3H3,(H,23,25). The maximum atomic E-state index is 12.7. The Labute approximate surface area is 170 Å². The number of ether oxygens (including phenoxy) is 1. The number of amides is 1. The highest BCUT2D eigenvalue weighted by atomic mass is 32.2. The summed E-state index contributed by atoms with van der Waals surface area (Å²) in [7, 11) is -2.35. The van der Waals surface area contributed by atoms with E-state index in [1.807, 2.05) is 32.0 Å². The second kappa shape index (κ2) is 8.36. The first-order chi connectivity index (χ1) is 13.8. The summed E-state index contributed by atoms with van der Waals surface area (Å²) in [5.74, 6) is 0.110. The van der Waals surface area contributed by atoms with Crippen molar-refractivity contribution in [3.05, 3.63) is 83.4 Å². The Kier molecular flexibility index (Phi) is 5.89. The Balaban J connectivity index is 1.77. The molecule has 0 unspecified atom stereocenters. The van der Waals surface area contributed by atoms with Gasteiger partial charge in [-0.15, -0.1) is 0 Å². The van der Waals surface area contributed by atoms with Crippen LogP contribution in [0.3, 0.4) is 0 Å². The lowest BCUT2D eigenvalue weighted by molar-refractivity contribution is 0.102.